The Kier molecular flexibility index (Phi) is 5.77. The first-order valence-corrected chi connectivity index (χ1v) is 9.53. The number of piperazine rings is 1. The second kappa shape index (κ2) is 8.80. The summed E-state index contributed by atoms with van der Waals surface area (Å²) >= 11 is 0. The van der Waals surface area contributed by atoms with Crippen molar-refractivity contribution in [2.45, 2.75) is 6.54 Å². The minimum atomic E-state index is 0.778. The van der Waals surface area contributed by atoms with Crippen molar-refractivity contribution in [3.05, 3.63) is 84.4 Å². The molecule has 0 unspecified atom stereocenters. The van der Waals surface area contributed by atoms with Gasteiger partial charge >= 0.3 is 0 Å². The zero-order chi connectivity index (χ0) is 18.3. The van der Waals surface area contributed by atoms with Crippen molar-refractivity contribution in [2.24, 2.45) is 0 Å². The Balaban J connectivity index is 1.24. The summed E-state index contributed by atoms with van der Waals surface area (Å²) in [6.45, 7) is 6.02. The molecule has 1 aliphatic heterocycles. The van der Waals surface area contributed by atoms with Gasteiger partial charge in [-0.25, -0.2) is 4.98 Å². The molecule has 2 heterocycles. The maximum absolute atomic E-state index is 5.94. The highest BCUT2D eigenvalue weighted by atomic mass is 16.4. The quantitative estimate of drug-likeness (QED) is 0.661. The molecule has 138 valence electrons. The Morgan fingerprint density at radius 1 is 0.852 bits per heavy atom. The van der Waals surface area contributed by atoms with E-state index in [0.717, 1.165) is 56.5 Å². The van der Waals surface area contributed by atoms with Crippen LogP contribution in [0.4, 0.5) is 0 Å². The van der Waals surface area contributed by atoms with Gasteiger partial charge in [0.1, 0.15) is 0 Å². The lowest BCUT2D eigenvalue weighted by molar-refractivity contribution is 0.128. The summed E-state index contributed by atoms with van der Waals surface area (Å²) < 4.78 is 5.94. The predicted octanol–water partition coefficient (Wildman–Crippen LogP) is 4.17. The average molecular weight is 359 g/mol. The van der Waals surface area contributed by atoms with Crippen LogP contribution in [0.3, 0.4) is 0 Å². The highest BCUT2D eigenvalue weighted by molar-refractivity contribution is 5.55. The van der Waals surface area contributed by atoms with Crippen LogP contribution in [-0.2, 0) is 6.54 Å². The average Bonchev–Trinajstić information content (AvgIpc) is 3.19. The monoisotopic (exact) mass is 359 g/mol. The summed E-state index contributed by atoms with van der Waals surface area (Å²) in [5.74, 6) is 1.64. The number of nitrogens with zero attached hydrogens (tertiary/aromatic N) is 3. The first kappa shape index (κ1) is 17.7. The van der Waals surface area contributed by atoms with Crippen LogP contribution < -0.4 is 0 Å². The number of hydrogen-bond donors (Lipinski definition) is 0. The molecule has 0 atom stereocenters. The van der Waals surface area contributed by atoms with E-state index in [1.165, 1.54) is 5.56 Å². The summed E-state index contributed by atoms with van der Waals surface area (Å²) in [7, 11) is 0. The normalized spacial score (nSPS) is 16.1. The molecular weight excluding hydrogens is 334 g/mol. The third-order valence-electron chi connectivity index (χ3n) is 4.91. The molecule has 0 aliphatic carbocycles. The summed E-state index contributed by atoms with van der Waals surface area (Å²) in [5.41, 5.74) is 2.33. The fourth-order valence-electron chi connectivity index (χ4n) is 3.34. The number of rotatable bonds is 6. The lowest BCUT2D eigenvalue weighted by Crippen LogP contribution is -2.45. The molecule has 4 heteroatoms. The molecule has 1 fully saturated rings. The SMILES string of the molecule is C(=Cc1ccccc1)CN1CCN(Cc2ncc(-c3ccccc3)o2)CC1. The molecular formula is C23H25N3O. The minimum absolute atomic E-state index is 0.778. The molecule has 0 bridgehead atoms. The smallest absolute Gasteiger partial charge is 0.209 e. The summed E-state index contributed by atoms with van der Waals surface area (Å²) in [6.07, 6.45) is 6.28. The van der Waals surface area contributed by atoms with Crippen molar-refractivity contribution in [1.82, 2.24) is 14.8 Å². The third-order valence-corrected chi connectivity index (χ3v) is 4.91. The van der Waals surface area contributed by atoms with Crippen molar-refractivity contribution in [1.29, 1.82) is 0 Å². The van der Waals surface area contributed by atoms with Crippen LogP contribution in [0.5, 0.6) is 0 Å². The van der Waals surface area contributed by atoms with Crippen LogP contribution in [0.2, 0.25) is 0 Å². The molecule has 0 saturated carbocycles. The number of oxazole rings is 1. The molecule has 0 N–H and O–H groups in total. The molecule has 0 spiro atoms. The van der Waals surface area contributed by atoms with Gasteiger partial charge in [-0.2, -0.15) is 0 Å². The maximum atomic E-state index is 5.94. The van der Waals surface area contributed by atoms with E-state index in [9.17, 15) is 0 Å². The van der Waals surface area contributed by atoms with E-state index in [-0.39, 0.29) is 0 Å². The fourth-order valence-corrected chi connectivity index (χ4v) is 3.34. The van der Waals surface area contributed by atoms with Crippen LogP contribution in [0.25, 0.3) is 17.4 Å². The van der Waals surface area contributed by atoms with Gasteiger partial charge in [-0.05, 0) is 5.56 Å². The Morgan fingerprint density at radius 3 is 2.26 bits per heavy atom. The lowest BCUT2D eigenvalue weighted by Gasteiger charge is -2.33. The van der Waals surface area contributed by atoms with Gasteiger partial charge in [0.15, 0.2) is 5.76 Å². The topological polar surface area (TPSA) is 32.5 Å². The molecule has 3 aromatic rings. The second-order valence-electron chi connectivity index (χ2n) is 6.87. The standard InChI is InChI=1S/C23H25N3O/c1-3-8-20(9-4-1)10-7-13-25-14-16-26(17-15-25)19-23-24-18-22(27-23)21-11-5-2-6-12-21/h1-12,18H,13-17,19H2. The number of aromatic nitrogens is 1. The van der Waals surface area contributed by atoms with Gasteiger partial charge in [0.2, 0.25) is 5.89 Å². The molecule has 1 aliphatic rings. The van der Waals surface area contributed by atoms with Crippen molar-refractivity contribution < 1.29 is 4.42 Å². The van der Waals surface area contributed by atoms with Gasteiger partial charge in [0.05, 0.1) is 12.7 Å². The first-order chi connectivity index (χ1) is 13.4. The van der Waals surface area contributed by atoms with Crippen LogP contribution in [-0.4, -0.2) is 47.5 Å². The minimum Gasteiger partial charge on any atom is -0.439 e. The van der Waals surface area contributed by atoms with E-state index in [1.807, 2.05) is 42.6 Å². The molecule has 27 heavy (non-hydrogen) atoms. The van der Waals surface area contributed by atoms with Crippen molar-refractivity contribution in [3.8, 4) is 11.3 Å². The zero-order valence-electron chi connectivity index (χ0n) is 15.5. The van der Waals surface area contributed by atoms with E-state index in [4.69, 9.17) is 4.42 Å². The van der Waals surface area contributed by atoms with Gasteiger partial charge in [-0.3, -0.25) is 9.80 Å². The number of benzene rings is 2. The number of hydrogen-bond acceptors (Lipinski definition) is 4. The van der Waals surface area contributed by atoms with Crippen molar-refractivity contribution in [2.75, 3.05) is 32.7 Å². The Hall–Kier alpha value is -2.69. The molecule has 0 radical (unpaired) electrons. The Morgan fingerprint density at radius 2 is 1.52 bits per heavy atom. The van der Waals surface area contributed by atoms with Crippen LogP contribution in [0, 0.1) is 0 Å². The fraction of sp³-hybridized carbons (Fsp3) is 0.261. The van der Waals surface area contributed by atoms with Gasteiger partial charge in [0.25, 0.3) is 0 Å². The Bertz CT molecular complexity index is 850. The van der Waals surface area contributed by atoms with E-state index in [2.05, 4.69) is 51.2 Å². The first-order valence-electron chi connectivity index (χ1n) is 9.53. The second-order valence-corrected chi connectivity index (χ2v) is 6.87. The highest BCUT2D eigenvalue weighted by Crippen LogP contribution is 2.20. The van der Waals surface area contributed by atoms with Crippen molar-refractivity contribution in [3.63, 3.8) is 0 Å². The summed E-state index contributed by atoms with van der Waals surface area (Å²) in [5, 5.41) is 0. The third kappa shape index (κ3) is 4.94. The van der Waals surface area contributed by atoms with E-state index in [1.54, 1.807) is 0 Å². The van der Waals surface area contributed by atoms with Gasteiger partial charge in [0, 0.05) is 38.3 Å². The van der Waals surface area contributed by atoms with Crippen molar-refractivity contribution >= 4 is 6.08 Å². The molecule has 0 amide bonds. The lowest BCUT2D eigenvalue weighted by atomic mass is 10.2. The predicted molar refractivity (Wildman–Crippen MR) is 109 cm³/mol. The molecule has 4 rings (SSSR count). The Labute approximate surface area is 160 Å². The van der Waals surface area contributed by atoms with E-state index in [0.29, 0.717) is 0 Å². The van der Waals surface area contributed by atoms with Crippen LogP contribution >= 0.6 is 0 Å². The molecule has 1 saturated heterocycles. The largest absolute Gasteiger partial charge is 0.439 e. The van der Waals surface area contributed by atoms with Gasteiger partial charge < -0.3 is 4.42 Å². The van der Waals surface area contributed by atoms with Gasteiger partial charge in [-0.1, -0.05) is 72.8 Å². The summed E-state index contributed by atoms with van der Waals surface area (Å²) in [6, 6.07) is 20.6. The van der Waals surface area contributed by atoms with Crippen LogP contribution in [0.1, 0.15) is 11.5 Å². The van der Waals surface area contributed by atoms with Gasteiger partial charge in [-0.15, -0.1) is 0 Å². The molecule has 4 nitrogen and oxygen atoms in total. The molecule has 2 aromatic carbocycles. The summed E-state index contributed by atoms with van der Waals surface area (Å²) in [4.78, 5) is 9.36. The van der Waals surface area contributed by atoms with E-state index < -0.39 is 0 Å². The zero-order valence-corrected chi connectivity index (χ0v) is 15.5. The maximum Gasteiger partial charge on any atom is 0.209 e. The van der Waals surface area contributed by atoms with Crippen LogP contribution in [0.15, 0.2) is 77.4 Å². The molecule has 1 aromatic heterocycles. The van der Waals surface area contributed by atoms with E-state index >= 15 is 0 Å². The highest BCUT2D eigenvalue weighted by Gasteiger charge is 2.18.